The second kappa shape index (κ2) is 7.92. The number of carbonyl (C=O) groups excluding carboxylic acids is 2. The molecule has 150 valence electrons. The standard InChI is InChI=1S/C18H13ClF3N5O2/c1-27-13(8-14(26-27)18(20,21)22)12-6-7-15(24-16(12)23-9-28)25-17(29)10-2-4-11(19)5-3-10/h2-9H,1H3,(H2,23,24,25,28,29). The summed E-state index contributed by atoms with van der Waals surface area (Å²) in [6.07, 6.45) is -4.29. The van der Waals surface area contributed by atoms with Gasteiger partial charge in [0.15, 0.2) is 5.69 Å². The van der Waals surface area contributed by atoms with Gasteiger partial charge in [0, 0.05) is 23.2 Å². The van der Waals surface area contributed by atoms with E-state index in [1.54, 1.807) is 12.1 Å². The van der Waals surface area contributed by atoms with E-state index < -0.39 is 17.8 Å². The molecule has 0 spiro atoms. The highest BCUT2D eigenvalue weighted by Gasteiger charge is 2.35. The van der Waals surface area contributed by atoms with Gasteiger partial charge in [-0.2, -0.15) is 18.3 Å². The molecule has 0 aliphatic heterocycles. The lowest BCUT2D eigenvalue weighted by Gasteiger charge is -2.11. The first-order chi connectivity index (χ1) is 13.7. The second-order valence-electron chi connectivity index (χ2n) is 5.85. The number of hydrogen-bond donors (Lipinski definition) is 2. The van der Waals surface area contributed by atoms with Crippen LogP contribution in [0.2, 0.25) is 5.02 Å². The minimum atomic E-state index is -4.62. The minimum absolute atomic E-state index is 0.0365. The van der Waals surface area contributed by atoms with Gasteiger partial charge in [0.25, 0.3) is 5.91 Å². The van der Waals surface area contributed by atoms with Gasteiger partial charge in [-0.25, -0.2) is 4.98 Å². The van der Waals surface area contributed by atoms with Crippen molar-refractivity contribution in [2.45, 2.75) is 6.18 Å². The van der Waals surface area contributed by atoms with E-state index in [9.17, 15) is 22.8 Å². The molecule has 11 heteroatoms. The van der Waals surface area contributed by atoms with Crippen molar-refractivity contribution in [3.63, 3.8) is 0 Å². The van der Waals surface area contributed by atoms with E-state index in [4.69, 9.17) is 11.6 Å². The molecule has 0 saturated heterocycles. The summed E-state index contributed by atoms with van der Waals surface area (Å²) in [7, 11) is 1.34. The molecule has 29 heavy (non-hydrogen) atoms. The van der Waals surface area contributed by atoms with E-state index in [-0.39, 0.29) is 22.9 Å². The van der Waals surface area contributed by atoms with E-state index >= 15 is 0 Å². The summed E-state index contributed by atoms with van der Waals surface area (Å²) in [5.74, 6) is -0.416. The maximum absolute atomic E-state index is 12.9. The van der Waals surface area contributed by atoms with Crippen molar-refractivity contribution < 1.29 is 22.8 Å². The van der Waals surface area contributed by atoms with Gasteiger partial charge < -0.3 is 10.6 Å². The Hall–Kier alpha value is -3.40. The van der Waals surface area contributed by atoms with Crippen LogP contribution in [0.4, 0.5) is 24.8 Å². The largest absolute Gasteiger partial charge is 0.435 e. The molecule has 0 aliphatic carbocycles. The van der Waals surface area contributed by atoms with Gasteiger partial charge in [-0.05, 0) is 42.5 Å². The molecule has 0 radical (unpaired) electrons. The van der Waals surface area contributed by atoms with Crippen LogP contribution in [0.5, 0.6) is 0 Å². The van der Waals surface area contributed by atoms with Gasteiger partial charge >= 0.3 is 6.18 Å². The number of nitrogens with one attached hydrogen (secondary N) is 2. The number of carbonyl (C=O) groups is 2. The van der Waals surface area contributed by atoms with Crippen molar-refractivity contribution in [1.29, 1.82) is 0 Å². The highest BCUT2D eigenvalue weighted by Crippen LogP contribution is 2.34. The normalized spacial score (nSPS) is 11.2. The number of pyridine rings is 1. The molecule has 0 saturated carbocycles. The molecule has 1 aromatic carbocycles. The highest BCUT2D eigenvalue weighted by atomic mass is 35.5. The maximum atomic E-state index is 12.9. The summed E-state index contributed by atoms with van der Waals surface area (Å²) in [5.41, 5.74) is -0.462. The Morgan fingerprint density at radius 2 is 1.86 bits per heavy atom. The second-order valence-corrected chi connectivity index (χ2v) is 6.29. The summed E-state index contributed by atoms with van der Waals surface area (Å²) < 4.78 is 39.8. The fourth-order valence-corrected chi connectivity index (χ4v) is 2.67. The number of halogens is 4. The fourth-order valence-electron chi connectivity index (χ4n) is 2.55. The van der Waals surface area contributed by atoms with Crippen LogP contribution < -0.4 is 10.6 Å². The molecule has 2 heterocycles. The average Bonchev–Trinajstić information content (AvgIpc) is 3.05. The molecular weight excluding hydrogens is 411 g/mol. The summed E-state index contributed by atoms with van der Waals surface area (Å²) >= 11 is 5.79. The smallest absolute Gasteiger partial charge is 0.313 e. The zero-order valence-electron chi connectivity index (χ0n) is 14.8. The Labute approximate surface area is 167 Å². The molecule has 3 aromatic rings. The van der Waals surface area contributed by atoms with Crippen molar-refractivity contribution in [2.24, 2.45) is 7.05 Å². The van der Waals surface area contributed by atoms with Crippen LogP contribution in [0.15, 0.2) is 42.5 Å². The van der Waals surface area contributed by atoms with Gasteiger partial charge in [0.05, 0.1) is 5.69 Å². The van der Waals surface area contributed by atoms with Gasteiger partial charge in [0.1, 0.15) is 11.6 Å². The maximum Gasteiger partial charge on any atom is 0.435 e. The van der Waals surface area contributed by atoms with Crippen LogP contribution in [0.25, 0.3) is 11.3 Å². The Balaban J connectivity index is 1.93. The third-order valence-electron chi connectivity index (χ3n) is 3.89. The molecule has 0 fully saturated rings. The number of alkyl halides is 3. The Morgan fingerprint density at radius 3 is 2.45 bits per heavy atom. The van der Waals surface area contributed by atoms with E-state index in [1.165, 1.54) is 31.3 Å². The molecule has 0 unspecified atom stereocenters. The fraction of sp³-hybridized carbons (Fsp3) is 0.111. The first kappa shape index (κ1) is 20.3. The molecule has 7 nitrogen and oxygen atoms in total. The molecular formula is C18H13ClF3N5O2. The highest BCUT2D eigenvalue weighted by molar-refractivity contribution is 6.30. The zero-order valence-corrected chi connectivity index (χ0v) is 15.5. The third kappa shape index (κ3) is 4.54. The molecule has 0 aliphatic rings. The molecule has 0 atom stereocenters. The summed E-state index contributed by atoms with van der Waals surface area (Å²) in [5, 5.41) is 8.79. The Kier molecular flexibility index (Phi) is 5.55. The van der Waals surface area contributed by atoms with Crippen molar-refractivity contribution in [2.75, 3.05) is 10.6 Å². The van der Waals surface area contributed by atoms with E-state index in [1.807, 2.05) is 0 Å². The average molecular weight is 424 g/mol. The first-order valence-corrected chi connectivity index (χ1v) is 8.46. The van der Waals surface area contributed by atoms with Gasteiger partial charge in [-0.3, -0.25) is 14.3 Å². The van der Waals surface area contributed by atoms with Gasteiger partial charge in [0.2, 0.25) is 6.41 Å². The zero-order chi connectivity index (χ0) is 21.2. The SMILES string of the molecule is Cn1nc(C(F)(F)F)cc1-c1ccc(NC(=O)c2ccc(Cl)cc2)nc1NC=O. The summed E-state index contributed by atoms with van der Waals surface area (Å²) in [6.45, 7) is 0. The lowest BCUT2D eigenvalue weighted by Crippen LogP contribution is -2.14. The van der Waals surface area contributed by atoms with Crippen LogP contribution in [-0.2, 0) is 18.0 Å². The predicted molar refractivity (Wildman–Crippen MR) is 101 cm³/mol. The lowest BCUT2D eigenvalue weighted by atomic mass is 10.1. The molecule has 2 aromatic heterocycles. The van der Waals surface area contributed by atoms with Crippen LogP contribution in [0, 0.1) is 0 Å². The number of aryl methyl sites for hydroxylation is 1. The Bertz CT molecular complexity index is 1060. The van der Waals surface area contributed by atoms with E-state index in [2.05, 4.69) is 20.7 Å². The quantitative estimate of drug-likeness (QED) is 0.608. The van der Waals surface area contributed by atoms with E-state index in [0.717, 1.165) is 10.7 Å². The monoisotopic (exact) mass is 423 g/mol. The topological polar surface area (TPSA) is 88.9 Å². The number of amides is 2. The van der Waals surface area contributed by atoms with Crippen LogP contribution >= 0.6 is 11.6 Å². The number of aromatic nitrogens is 3. The minimum Gasteiger partial charge on any atom is -0.313 e. The number of hydrogen-bond acceptors (Lipinski definition) is 4. The van der Waals surface area contributed by atoms with Crippen LogP contribution in [0.1, 0.15) is 16.1 Å². The predicted octanol–water partition coefficient (Wildman–Crippen LogP) is 3.97. The third-order valence-corrected chi connectivity index (χ3v) is 4.14. The number of nitrogens with zero attached hydrogens (tertiary/aromatic N) is 3. The van der Waals surface area contributed by atoms with Gasteiger partial charge in [-0.15, -0.1) is 0 Å². The van der Waals surface area contributed by atoms with Crippen LogP contribution in [-0.4, -0.2) is 27.1 Å². The van der Waals surface area contributed by atoms with Crippen molar-refractivity contribution in [1.82, 2.24) is 14.8 Å². The first-order valence-electron chi connectivity index (χ1n) is 8.09. The summed E-state index contributed by atoms with van der Waals surface area (Å²) in [4.78, 5) is 27.3. The lowest BCUT2D eigenvalue weighted by molar-refractivity contribution is -0.141. The van der Waals surface area contributed by atoms with Gasteiger partial charge in [-0.1, -0.05) is 11.6 Å². The molecule has 3 rings (SSSR count). The van der Waals surface area contributed by atoms with E-state index in [0.29, 0.717) is 17.0 Å². The Morgan fingerprint density at radius 1 is 1.17 bits per heavy atom. The van der Waals surface area contributed by atoms with Crippen molar-refractivity contribution in [3.05, 3.63) is 58.7 Å². The molecule has 2 amide bonds. The molecule has 0 bridgehead atoms. The van der Waals surface area contributed by atoms with Crippen molar-refractivity contribution >= 4 is 35.6 Å². The molecule has 2 N–H and O–H groups in total. The number of anilines is 2. The number of benzene rings is 1. The summed E-state index contributed by atoms with van der Waals surface area (Å²) in [6, 6.07) is 9.81. The number of rotatable bonds is 5. The van der Waals surface area contributed by atoms with Crippen molar-refractivity contribution in [3.8, 4) is 11.3 Å². The van der Waals surface area contributed by atoms with Crippen LogP contribution in [0.3, 0.4) is 0 Å².